The molecule has 0 aliphatic heterocycles. The zero-order valence-corrected chi connectivity index (χ0v) is 8.18. The Kier molecular flexibility index (Phi) is 2.41. The molecule has 2 heterocycles. The first-order chi connectivity index (χ1) is 6.27. The van der Waals surface area contributed by atoms with Crippen LogP contribution >= 0.6 is 22.7 Å². The highest BCUT2D eigenvalue weighted by molar-refractivity contribution is 7.20. The maximum atomic E-state index is 8.84. The van der Waals surface area contributed by atoms with Crippen molar-refractivity contribution in [3.05, 3.63) is 28.6 Å². The molecule has 2 N–H and O–H groups in total. The van der Waals surface area contributed by atoms with Gasteiger partial charge in [0.05, 0.1) is 4.88 Å². The Morgan fingerprint density at radius 1 is 1.31 bits per heavy atom. The standard InChI is InChI=1S/C8H7NO2S2/c10-8(11)5-4-13-7(9-5)6-2-1-3-12-6/h1-4,8,10-11H. The summed E-state index contributed by atoms with van der Waals surface area (Å²) in [5.74, 6) is 0. The minimum Gasteiger partial charge on any atom is -0.363 e. The molecule has 0 radical (unpaired) electrons. The van der Waals surface area contributed by atoms with Crippen LogP contribution in [0.4, 0.5) is 0 Å². The third-order valence-electron chi connectivity index (χ3n) is 1.52. The number of thiophene rings is 1. The van der Waals surface area contributed by atoms with Crippen molar-refractivity contribution in [1.82, 2.24) is 4.98 Å². The quantitative estimate of drug-likeness (QED) is 0.749. The molecular weight excluding hydrogens is 206 g/mol. The van der Waals surface area contributed by atoms with Crippen LogP contribution in [-0.2, 0) is 0 Å². The van der Waals surface area contributed by atoms with Gasteiger partial charge in [-0.1, -0.05) is 6.07 Å². The fourth-order valence-electron chi connectivity index (χ4n) is 0.918. The molecule has 13 heavy (non-hydrogen) atoms. The van der Waals surface area contributed by atoms with Crippen LogP contribution in [0.5, 0.6) is 0 Å². The molecule has 68 valence electrons. The van der Waals surface area contributed by atoms with Crippen LogP contribution < -0.4 is 0 Å². The van der Waals surface area contributed by atoms with Crippen LogP contribution in [-0.4, -0.2) is 15.2 Å². The van der Waals surface area contributed by atoms with Gasteiger partial charge in [0.25, 0.3) is 0 Å². The predicted molar refractivity (Wildman–Crippen MR) is 52.6 cm³/mol. The lowest BCUT2D eigenvalue weighted by Gasteiger charge is -1.94. The van der Waals surface area contributed by atoms with E-state index in [1.54, 1.807) is 16.7 Å². The average Bonchev–Trinajstić information content (AvgIpc) is 2.75. The van der Waals surface area contributed by atoms with E-state index < -0.39 is 6.29 Å². The number of rotatable bonds is 2. The molecule has 0 unspecified atom stereocenters. The van der Waals surface area contributed by atoms with E-state index in [1.807, 2.05) is 17.5 Å². The molecule has 2 aromatic heterocycles. The molecule has 0 aliphatic rings. The van der Waals surface area contributed by atoms with Crippen molar-refractivity contribution in [2.75, 3.05) is 0 Å². The molecule has 0 saturated heterocycles. The average molecular weight is 213 g/mol. The molecule has 5 heteroatoms. The topological polar surface area (TPSA) is 53.4 Å². The molecule has 0 aromatic carbocycles. The van der Waals surface area contributed by atoms with E-state index in [2.05, 4.69) is 4.98 Å². The van der Waals surface area contributed by atoms with E-state index in [4.69, 9.17) is 10.2 Å². The van der Waals surface area contributed by atoms with Crippen molar-refractivity contribution in [3.8, 4) is 9.88 Å². The normalized spacial score (nSPS) is 11.0. The highest BCUT2D eigenvalue weighted by Crippen LogP contribution is 2.28. The van der Waals surface area contributed by atoms with Gasteiger partial charge < -0.3 is 10.2 Å². The Balaban J connectivity index is 2.33. The number of hydrogen-bond donors (Lipinski definition) is 2. The fraction of sp³-hybridized carbons (Fsp3) is 0.125. The van der Waals surface area contributed by atoms with Crippen molar-refractivity contribution < 1.29 is 10.2 Å². The second kappa shape index (κ2) is 3.55. The summed E-state index contributed by atoms with van der Waals surface area (Å²) in [6, 6.07) is 3.90. The maximum Gasteiger partial charge on any atom is 0.196 e. The molecule has 0 atom stereocenters. The number of aliphatic hydroxyl groups excluding tert-OH is 1. The van der Waals surface area contributed by atoms with Crippen molar-refractivity contribution in [3.63, 3.8) is 0 Å². The van der Waals surface area contributed by atoms with Gasteiger partial charge in [-0.05, 0) is 11.4 Å². The van der Waals surface area contributed by atoms with Crippen LogP contribution in [0.15, 0.2) is 22.9 Å². The van der Waals surface area contributed by atoms with E-state index in [-0.39, 0.29) is 0 Å². The van der Waals surface area contributed by atoms with Gasteiger partial charge in [0.15, 0.2) is 6.29 Å². The zero-order valence-electron chi connectivity index (χ0n) is 6.54. The van der Waals surface area contributed by atoms with E-state index in [0.717, 1.165) is 9.88 Å². The van der Waals surface area contributed by atoms with Crippen molar-refractivity contribution >= 4 is 22.7 Å². The summed E-state index contributed by atoms with van der Waals surface area (Å²) in [6.07, 6.45) is -1.47. The van der Waals surface area contributed by atoms with Crippen LogP contribution in [0.2, 0.25) is 0 Å². The molecule has 2 aromatic rings. The molecule has 0 amide bonds. The Hall–Kier alpha value is -0.750. The highest BCUT2D eigenvalue weighted by atomic mass is 32.1. The number of hydrogen-bond acceptors (Lipinski definition) is 5. The van der Waals surface area contributed by atoms with Crippen LogP contribution in [0.3, 0.4) is 0 Å². The summed E-state index contributed by atoms with van der Waals surface area (Å²) in [7, 11) is 0. The molecule has 0 aliphatic carbocycles. The Bertz CT molecular complexity index is 381. The number of aliphatic hydroxyl groups is 2. The number of nitrogens with zero attached hydrogens (tertiary/aromatic N) is 1. The van der Waals surface area contributed by atoms with Gasteiger partial charge in [0.2, 0.25) is 0 Å². The van der Waals surface area contributed by atoms with Gasteiger partial charge in [0.1, 0.15) is 10.7 Å². The summed E-state index contributed by atoms with van der Waals surface area (Å²) in [6.45, 7) is 0. The van der Waals surface area contributed by atoms with Gasteiger partial charge in [-0.25, -0.2) is 4.98 Å². The second-order valence-corrected chi connectivity index (χ2v) is 4.23. The molecule has 0 bridgehead atoms. The first kappa shape index (κ1) is 8.83. The first-order valence-corrected chi connectivity index (χ1v) is 5.39. The van der Waals surface area contributed by atoms with Gasteiger partial charge >= 0.3 is 0 Å². The SMILES string of the molecule is OC(O)c1csc(-c2cccs2)n1. The summed E-state index contributed by atoms with van der Waals surface area (Å²) < 4.78 is 0. The van der Waals surface area contributed by atoms with E-state index >= 15 is 0 Å². The van der Waals surface area contributed by atoms with E-state index in [1.165, 1.54) is 11.3 Å². The van der Waals surface area contributed by atoms with Crippen molar-refractivity contribution in [2.24, 2.45) is 0 Å². The minimum atomic E-state index is -1.47. The molecular formula is C8H7NO2S2. The Morgan fingerprint density at radius 2 is 2.15 bits per heavy atom. The van der Waals surface area contributed by atoms with Crippen molar-refractivity contribution in [1.29, 1.82) is 0 Å². The Morgan fingerprint density at radius 3 is 2.69 bits per heavy atom. The van der Waals surface area contributed by atoms with Gasteiger partial charge in [-0.3, -0.25) is 0 Å². The highest BCUT2D eigenvalue weighted by Gasteiger charge is 2.09. The first-order valence-electron chi connectivity index (χ1n) is 3.63. The summed E-state index contributed by atoms with van der Waals surface area (Å²) in [5.41, 5.74) is 0.313. The van der Waals surface area contributed by atoms with Crippen molar-refractivity contribution in [2.45, 2.75) is 6.29 Å². The molecule has 0 saturated carbocycles. The molecule has 2 rings (SSSR count). The lowest BCUT2D eigenvalue weighted by Crippen LogP contribution is -1.93. The van der Waals surface area contributed by atoms with Gasteiger partial charge in [0, 0.05) is 5.38 Å². The third-order valence-corrected chi connectivity index (χ3v) is 3.42. The fourth-order valence-corrected chi connectivity index (χ4v) is 2.56. The van der Waals surface area contributed by atoms with Gasteiger partial charge in [-0.2, -0.15) is 0 Å². The second-order valence-electron chi connectivity index (χ2n) is 2.43. The van der Waals surface area contributed by atoms with Gasteiger partial charge in [-0.15, -0.1) is 22.7 Å². The molecule has 0 fully saturated rings. The number of aromatic nitrogens is 1. The largest absolute Gasteiger partial charge is 0.363 e. The maximum absolute atomic E-state index is 8.84. The third kappa shape index (κ3) is 1.78. The van der Waals surface area contributed by atoms with E-state index in [0.29, 0.717) is 5.69 Å². The van der Waals surface area contributed by atoms with Crippen LogP contribution in [0, 0.1) is 0 Å². The monoisotopic (exact) mass is 213 g/mol. The smallest absolute Gasteiger partial charge is 0.196 e. The Labute approximate surface area is 82.9 Å². The zero-order chi connectivity index (χ0) is 9.26. The van der Waals surface area contributed by atoms with Crippen LogP contribution in [0.25, 0.3) is 9.88 Å². The van der Waals surface area contributed by atoms with Crippen LogP contribution in [0.1, 0.15) is 12.0 Å². The summed E-state index contributed by atoms with van der Waals surface area (Å²) in [5, 5.41) is 22.1. The number of thiazole rings is 1. The lowest BCUT2D eigenvalue weighted by atomic mass is 10.4. The minimum absolute atomic E-state index is 0.313. The summed E-state index contributed by atoms with van der Waals surface area (Å²) in [4.78, 5) is 5.13. The lowest BCUT2D eigenvalue weighted by molar-refractivity contribution is -0.0453. The molecule has 0 spiro atoms. The summed E-state index contributed by atoms with van der Waals surface area (Å²) >= 11 is 3.00. The van der Waals surface area contributed by atoms with E-state index in [9.17, 15) is 0 Å². The predicted octanol–water partition coefficient (Wildman–Crippen LogP) is 1.85. The molecule has 3 nitrogen and oxygen atoms in total.